The van der Waals surface area contributed by atoms with Gasteiger partial charge in [-0.05, 0) is 31.5 Å². The number of pyridine rings is 1. The Bertz CT molecular complexity index is 704. The first kappa shape index (κ1) is 14.8. The summed E-state index contributed by atoms with van der Waals surface area (Å²) >= 11 is 0. The van der Waals surface area contributed by atoms with Crippen LogP contribution in [0.1, 0.15) is 21.6 Å². The van der Waals surface area contributed by atoms with Gasteiger partial charge in [0.15, 0.2) is 0 Å². The highest BCUT2D eigenvalue weighted by Gasteiger charge is 2.15. The van der Waals surface area contributed by atoms with Crippen molar-refractivity contribution in [2.24, 2.45) is 0 Å². The van der Waals surface area contributed by atoms with Crippen LogP contribution in [0.2, 0.25) is 0 Å². The van der Waals surface area contributed by atoms with Gasteiger partial charge in [0.25, 0.3) is 5.56 Å². The number of hydrogen-bond acceptors (Lipinski definition) is 3. The highest BCUT2D eigenvalue weighted by Crippen LogP contribution is 2.12. The summed E-state index contributed by atoms with van der Waals surface area (Å²) in [5, 5.41) is 9.22. The van der Waals surface area contributed by atoms with Gasteiger partial charge in [-0.2, -0.15) is 0 Å². The number of rotatable bonds is 5. The van der Waals surface area contributed by atoms with E-state index in [4.69, 9.17) is 4.74 Å². The Labute approximate surface area is 122 Å². The predicted molar refractivity (Wildman–Crippen MR) is 79.1 cm³/mol. The zero-order chi connectivity index (χ0) is 15.4. The van der Waals surface area contributed by atoms with Crippen LogP contribution in [0.15, 0.2) is 41.2 Å². The van der Waals surface area contributed by atoms with Crippen molar-refractivity contribution >= 4 is 5.97 Å². The minimum absolute atomic E-state index is 0.175. The number of carboxylic acids is 1. The van der Waals surface area contributed by atoms with Gasteiger partial charge >= 0.3 is 5.97 Å². The average Bonchev–Trinajstić information content (AvgIpc) is 2.42. The van der Waals surface area contributed by atoms with Crippen molar-refractivity contribution in [2.75, 3.05) is 6.61 Å². The van der Waals surface area contributed by atoms with Crippen LogP contribution in [0.5, 0.6) is 5.75 Å². The van der Waals surface area contributed by atoms with Crippen LogP contribution in [0.25, 0.3) is 0 Å². The molecule has 0 aliphatic heterocycles. The Morgan fingerprint density at radius 1 is 1.24 bits per heavy atom. The van der Waals surface area contributed by atoms with Gasteiger partial charge in [0.2, 0.25) is 0 Å². The number of carboxylic acid groups (broad SMARTS) is 1. The molecule has 0 saturated heterocycles. The molecule has 2 aromatic rings. The molecule has 1 N–H and O–H groups in total. The van der Waals surface area contributed by atoms with Crippen LogP contribution in [0.3, 0.4) is 0 Å². The van der Waals surface area contributed by atoms with Crippen LogP contribution >= 0.6 is 0 Å². The molecule has 5 nitrogen and oxygen atoms in total. The third-order valence-electron chi connectivity index (χ3n) is 3.31. The van der Waals surface area contributed by atoms with Gasteiger partial charge in [0, 0.05) is 11.8 Å². The fourth-order valence-electron chi connectivity index (χ4n) is 2.29. The maximum Gasteiger partial charge on any atom is 0.337 e. The number of aromatic nitrogens is 1. The number of ether oxygens (including phenoxy) is 1. The number of para-hydroxylation sites is 1. The lowest BCUT2D eigenvalue weighted by Gasteiger charge is -2.14. The lowest BCUT2D eigenvalue weighted by molar-refractivity contribution is 0.0694. The molecule has 0 saturated carbocycles. The molecular weight excluding hydrogens is 270 g/mol. The second-order valence-electron chi connectivity index (χ2n) is 4.74. The molecule has 0 amide bonds. The Morgan fingerprint density at radius 2 is 1.90 bits per heavy atom. The molecule has 0 bridgehead atoms. The number of hydrogen-bond donors (Lipinski definition) is 1. The Kier molecular flexibility index (Phi) is 4.42. The van der Waals surface area contributed by atoms with E-state index in [0.29, 0.717) is 30.2 Å². The SMILES string of the molecule is Cc1cc(=O)n(CCOc2ccccc2)c(C)c1C(=O)O. The molecule has 110 valence electrons. The van der Waals surface area contributed by atoms with E-state index in [2.05, 4.69) is 0 Å². The van der Waals surface area contributed by atoms with E-state index in [-0.39, 0.29) is 11.1 Å². The summed E-state index contributed by atoms with van der Waals surface area (Å²) in [6.45, 7) is 3.87. The first-order chi connectivity index (χ1) is 10.0. The topological polar surface area (TPSA) is 68.5 Å². The second-order valence-corrected chi connectivity index (χ2v) is 4.74. The summed E-state index contributed by atoms with van der Waals surface area (Å²) in [6, 6.07) is 10.6. The van der Waals surface area contributed by atoms with Crippen LogP contribution < -0.4 is 10.3 Å². The molecular formula is C16H17NO4. The molecule has 0 unspecified atom stereocenters. The van der Waals surface area contributed by atoms with Crippen LogP contribution in [0, 0.1) is 13.8 Å². The predicted octanol–water partition coefficient (Wildman–Crippen LogP) is 2.24. The Balaban J connectivity index is 2.19. The first-order valence-corrected chi connectivity index (χ1v) is 6.63. The molecule has 1 aromatic carbocycles. The zero-order valence-electron chi connectivity index (χ0n) is 12.0. The Hall–Kier alpha value is -2.56. The highest BCUT2D eigenvalue weighted by atomic mass is 16.5. The maximum absolute atomic E-state index is 12.0. The number of aryl methyl sites for hydroxylation is 1. The van der Waals surface area contributed by atoms with E-state index in [1.807, 2.05) is 30.3 Å². The standard InChI is InChI=1S/C16H17NO4/c1-11-10-14(18)17(12(2)15(11)16(19)20)8-9-21-13-6-4-3-5-7-13/h3-7,10H,8-9H2,1-2H3,(H,19,20). The molecule has 1 heterocycles. The van der Waals surface area contributed by atoms with Crippen molar-refractivity contribution < 1.29 is 14.6 Å². The monoisotopic (exact) mass is 287 g/mol. The fourth-order valence-corrected chi connectivity index (χ4v) is 2.29. The van der Waals surface area contributed by atoms with Gasteiger partial charge in [0.05, 0.1) is 12.1 Å². The summed E-state index contributed by atoms with van der Waals surface area (Å²) in [5.74, 6) is -0.309. The number of benzene rings is 1. The third-order valence-corrected chi connectivity index (χ3v) is 3.31. The quantitative estimate of drug-likeness (QED) is 0.915. The second kappa shape index (κ2) is 6.26. The van der Waals surface area contributed by atoms with Crippen molar-refractivity contribution in [2.45, 2.75) is 20.4 Å². The smallest absolute Gasteiger partial charge is 0.337 e. The van der Waals surface area contributed by atoms with Crippen molar-refractivity contribution in [3.05, 3.63) is 63.6 Å². The van der Waals surface area contributed by atoms with Crippen LogP contribution in [-0.4, -0.2) is 22.2 Å². The van der Waals surface area contributed by atoms with Crippen molar-refractivity contribution in [1.82, 2.24) is 4.57 Å². The minimum atomic E-state index is -1.03. The Morgan fingerprint density at radius 3 is 2.52 bits per heavy atom. The van der Waals surface area contributed by atoms with E-state index in [1.54, 1.807) is 13.8 Å². The van der Waals surface area contributed by atoms with Gasteiger partial charge in [-0.1, -0.05) is 18.2 Å². The molecule has 0 spiro atoms. The largest absolute Gasteiger partial charge is 0.492 e. The van der Waals surface area contributed by atoms with Gasteiger partial charge in [-0.15, -0.1) is 0 Å². The highest BCUT2D eigenvalue weighted by molar-refractivity contribution is 5.90. The normalized spacial score (nSPS) is 10.4. The molecule has 0 fully saturated rings. The average molecular weight is 287 g/mol. The van der Waals surface area contributed by atoms with Crippen LogP contribution in [0.4, 0.5) is 0 Å². The lowest BCUT2D eigenvalue weighted by Crippen LogP contribution is -2.27. The summed E-state index contributed by atoms with van der Waals surface area (Å²) in [4.78, 5) is 23.2. The van der Waals surface area contributed by atoms with E-state index in [1.165, 1.54) is 10.6 Å². The van der Waals surface area contributed by atoms with Crippen molar-refractivity contribution in [3.63, 3.8) is 0 Å². The van der Waals surface area contributed by atoms with Gasteiger partial charge < -0.3 is 14.4 Å². The van der Waals surface area contributed by atoms with E-state index >= 15 is 0 Å². The molecule has 0 atom stereocenters. The molecule has 0 aliphatic rings. The van der Waals surface area contributed by atoms with Crippen molar-refractivity contribution in [3.8, 4) is 5.75 Å². The molecule has 5 heteroatoms. The summed E-state index contributed by atoms with van der Waals surface area (Å²) in [5.41, 5.74) is 0.885. The van der Waals surface area contributed by atoms with E-state index in [0.717, 1.165) is 0 Å². The molecule has 21 heavy (non-hydrogen) atoms. The van der Waals surface area contributed by atoms with E-state index < -0.39 is 5.97 Å². The lowest BCUT2D eigenvalue weighted by atomic mass is 10.1. The van der Waals surface area contributed by atoms with Crippen LogP contribution in [-0.2, 0) is 6.54 Å². The summed E-state index contributed by atoms with van der Waals surface area (Å²) in [6.07, 6.45) is 0. The van der Waals surface area contributed by atoms with Crippen molar-refractivity contribution in [1.29, 1.82) is 0 Å². The number of aromatic carboxylic acids is 1. The number of nitrogens with zero attached hydrogens (tertiary/aromatic N) is 1. The molecule has 0 radical (unpaired) electrons. The van der Waals surface area contributed by atoms with Gasteiger partial charge in [-0.3, -0.25) is 4.79 Å². The zero-order valence-corrected chi connectivity index (χ0v) is 12.0. The van der Waals surface area contributed by atoms with Gasteiger partial charge in [0.1, 0.15) is 12.4 Å². The molecule has 2 rings (SSSR count). The number of carbonyl (C=O) groups is 1. The first-order valence-electron chi connectivity index (χ1n) is 6.63. The van der Waals surface area contributed by atoms with E-state index in [9.17, 15) is 14.7 Å². The third kappa shape index (κ3) is 3.31. The summed E-state index contributed by atoms with van der Waals surface area (Å²) in [7, 11) is 0. The molecule has 0 aliphatic carbocycles. The minimum Gasteiger partial charge on any atom is -0.492 e. The fraction of sp³-hybridized carbons (Fsp3) is 0.250. The summed E-state index contributed by atoms with van der Waals surface area (Å²) < 4.78 is 6.97. The van der Waals surface area contributed by atoms with Gasteiger partial charge in [-0.25, -0.2) is 4.79 Å². The maximum atomic E-state index is 12.0. The molecule has 1 aromatic heterocycles.